The van der Waals surface area contributed by atoms with Gasteiger partial charge in [0, 0.05) is 5.02 Å². The van der Waals surface area contributed by atoms with Crippen molar-refractivity contribution in [3.8, 4) is 24.3 Å². The molecule has 1 aromatic rings. The molecule has 0 aromatic heterocycles. The first-order valence-electron chi connectivity index (χ1n) is 5.52. The van der Waals surface area contributed by atoms with Crippen molar-refractivity contribution in [2.75, 3.05) is 0 Å². The van der Waals surface area contributed by atoms with Gasteiger partial charge in [-0.2, -0.15) is 21.0 Å². The summed E-state index contributed by atoms with van der Waals surface area (Å²) in [5, 5.41) is 37.8. The molecule has 0 radical (unpaired) electrons. The zero-order chi connectivity index (χ0) is 14.8. The second-order valence-electron chi connectivity index (χ2n) is 4.26. The molecule has 1 aliphatic heterocycles. The Bertz CT molecular complexity index is 669. The molecule has 1 heterocycles. The van der Waals surface area contributed by atoms with Crippen LogP contribution in [0.2, 0.25) is 5.02 Å². The number of hydrazine groups is 1. The number of hydrogen-bond acceptors (Lipinski definition) is 6. The van der Waals surface area contributed by atoms with Crippen LogP contribution in [0.15, 0.2) is 24.3 Å². The summed E-state index contributed by atoms with van der Waals surface area (Å²) in [6, 6.07) is 12.7. The normalized spacial score (nSPS) is 21.9. The molecule has 96 valence electrons. The molecular weight excluding hydrogens is 276 g/mol. The van der Waals surface area contributed by atoms with E-state index < -0.39 is 17.0 Å². The molecule has 0 aliphatic carbocycles. The van der Waals surface area contributed by atoms with Gasteiger partial charge in [0.1, 0.15) is 12.1 Å². The van der Waals surface area contributed by atoms with Crippen LogP contribution in [0.3, 0.4) is 0 Å². The third kappa shape index (κ3) is 1.62. The third-order valence-corrected chi connectivity index (χ3v) is 3.57. The Hall–Kier alpha value is -2.61. The highest BCUT2D eigenvalue weighted by atomic mass is 35.5. The lowest BCUT2D eigenvalue weighted by Crippen LogP contribution is -2.50. The molecule has 0 bridgehead atoms. The molecule has 7 heteroatoms. The van der Waals surface area contributed by atoms with Crippen molar-refractivity contribution in [3.05, 3.63) is 34.9 Å². The molecule has 1 aromatic carbocycles. The van der Waals surface area contributed by atoms with E-state index in [0.717, 1.165) is 0 Å². The van der Waals surface area contributed by atoms with Crippen molar-refractivity contribution in [1.29, 1.82) is 21.0 Å². The lowest BCUT2D eigenvalue weighted by Gasteiger charge is -2.25. The van der Waals surface area contributed by atoms with Crippen molar-refractivity contribution >= 4 is 11.6 Å². The molecule has 0 amide bonds. The number of nitrogens with zero attached hydrogens (tertiary/aromatic N) is 4. The number of nitriles is 4. The second-order valence-corrected chi connectivity index (χ2v) is 4.70. The van der Waals surface area contributed by atoms with Gasteiger partial charge in [0.25, 0.3) is 0 Å². The summed E-state index contributed by atoms with van der Waals surface area (Å²) in [5.74, 6) is 0. The second kappa shape index (κ2) is 4.82. The summed E-state index contributed by atoms with van der Waals surface area (Å²) < 4.78 is 0. The maximum absolute atomic E-state index is 9.42. The van der Waals surface area contributed by atoms with Gasteiger partial charge in [-0.3, -0.25) is 0 Å². The Morgan fingerprint density at radius 2 is 1.50 bits per heavy atom. The highest BCUT2D eigenvalue weighted by Crippen LogP contribution is 2.45. The fraction of sp³-hybridized carbons (Fsp3) is 0.231. The molecule has 1 fully saturated rings. The Morgan fingerprint density at radius 1 is 0.950 bits per heavy atom. The van der Waals surface area contributed by atoms with E-state index >= 15 is 0 Å². The van der Waals surface area contributed by atoms with E-state index in [4.69, 9.17) is 11.6 Å². The van der Waals surface area contributed by atoms with E-state index in [0.29, 0.717) is 10.6 Å². The lowest BCUT2D eigenvalue weighted by atomic mass is 9.68. The average molecular weight is 283 g/mol. The van der Waals surface area contributed by atoms with Crippen LogP contribution >= 0.6 is 11.6 Å². The fourth-order valence-electron chi connectivity index (χ4n) is 2.17. The van der Waals surface area contributed by atoms with Crippen molar-refractivity contribution in [2.45, 2.75) is 11.6 Å². The predicted octanol–water partition coefficient (Wildman–Crippen LogP) is 1.31. The van der Waals surface area contributed by atoms with Gasteiger partial charge in [-0.15, -0.1) is 0 Å². The Labute approximate surface area is 120 Å². The first-order chi connectivity index (χ1) is 9.59. The summed E-state index contributed by atoms with van der Waals surface area (Å²) >= 11 is 5.80. The van der Waals surface area contributed by atoms with E-state index in [9.17, 15) is 21.0 Å². The maximum Gasteiger partial charge on any atom is 0.239 e. The average Bonchev–Trinajstić information content (AvgIpc) is 2.83. The van der Waals surface area contributed by atoms with Crippen molar-refractivity contribution in [2.24, 2.45) is 5.41 Å². The van der Waals surface area contributed by atoms with Gasteiger partial charge >= 0.3 is 0 Å². The van der Waals surface area contributed by atoms with Crippen molar-refractivity contribution in [1.82, 2.24) is 10.9 Å². The van der Waals surface area contributed by atoms with Crippen LogP contribution in [-0.4, -0.2) is 5.54 Å². The summed E-state index contributed by atoms with van der Waals surface area (Å²) in [7, 11) is 0. The Kier molecular flexibility index (Phi) is 3.33. The van der Waals surface area contributed by atoms with Crippen LogP contribution in [0.5, 0.6) is 0 Å². The summed E-state index contributed by atoms with van der Waals surface area (Å²) in [5.41, 5.74) is 1.94. The molecule has 2 rings (SSSR count). The Balaban J connectivity index is 2.61. The number of benzene rings is 1. The minimum Gasteiger partial charge on any atom is -0.245 e. The van der Waals surface area contributed by atoms with Crippen LogP contribution in [0.25, 0.3) is 0 Å². The predicted molar refractivity (Wildman–Crippen MR) is 68.1 cm³/mol. The number of rotatable bonds is 1. The Morgan fingerprint density at radius 3 is 1.95 bits per heavy atom. The first kappa shape index (κ1) is 13.8. The summed E-state index contributed by atoms with van der Waals surface area (Å²) in [4.78, 5) is 0. The van der Waals surface area contributed by atoms with Gasteiger partial charge in [-0.1, -0.05) is 23.7 Å². The van der Waals surface area contributed by atoms with E-state index in [1.807, 2.05) is 12.1 Å². The molecule has 2 N–H and O–H groups in total. The lowest BCUT2D eigenvalue weighted by molar-refractivity contribution is 0.393. The van der Waals surface area contributed by atoms with Gasteiger partial charge in [0.2, 0.25) is 11.0 Å². The van der Waals surface area contributed by atoms with Crippen molar-refractivity contribution < 1.29 is 0 Å². The van der Waals surface area contributed by atoms with Crippen LogP contribution in [0.1, 0.15) is 11.6 Å². The van der Waals surface area contributed by atoms with Crippen LogP contribution < -0.4 is 10.9 Å². The maximum atomic E-state index is 9.42. The largest absolute Gasteiger partial charge is 0.245 e. The quantitative estimate of drug-likeness (QED) is 0.801. The topological polar surface area (TPSA) is 119 Å². The standard InChI is InChI=1S/C13H7ClN6/c14-10-3-1-9(2-4-10)11-12(5-15,6-16)13(7-17,8-18)20-19-11/h1-4,11,19-20H/t11-/m1/s1. The first-order valence-corrected chi connectivity index (χ1v) is 5.90. The smallest absolute Gasteiger partial charge is 0.239 e. The number of nitrogens with one attached hydrogen (secondary N) is 2. The molecule has 6 nitrogen and oxygen atoms in total. The zero-order valence-electron chi connectivity index (χ0n) is 10.1. The zero-order valence-corrected chi connectivity index (χ0v) is 10.8. The molecule has 1 saturated heterocycles. The minimum atomic E-state index is -1.94. The van der Waals surface area contributed by atoms with Gasteiger partial charge in [-0.25, -0.2) is 10.9 Å². The number of hydrogen-bond donors (Lipinski definition) is 2. The molecule has 0 spiro atoms. The van der Waals surface area contributed by atoms with E-state index in [2.05, 4.69) is 10.9 Å². The van der Waals surface area contributed by atoms with Gasteiger partial charge in [-0.05, 0) is 17.7 Å². The highest BCUT2D eigenvalue weighted by Gasteiger charge is 2.64. The van der Waals surface area contributed by atoms with Crippen LogP contribution in [0.4, 0.5) is 0 Å². The monoisotopic (exact) mass is 282 g/mol. The fourth-order valence-corrected chi connectivity index (χ4v) is 2.30. The molecule has 0 saturated carbocycles. The SMILES string of the molecule is N#CC1(C#N)NN[C@H](c2ccc(Cl)cc2)C1(C#N)C#N. The molecule has 1 atom stereocenters. The minimum absolute atomic E-state index is 0.506. The molecule has 20 heavy (non-hydrogen) atoms. The van der Waals surface area contributed by atoms with E-state index in [-0.39, 0.29) is 0 Å². The van der Waals surface area contributed by atoms with E-state index in [1.165, 1.54) is 0 Å². The molecular formula is C13H7ClN6. The van der Waals surface area contributed by atoms with Crippen molar-refractivity contribution in [3.63, 3.8) is 0 Å². The van der Waals surface area contributed by atoms with Gasteiger partial charge in [0.15, 0.2) is 0 Å². The molecule has 0 unspecified atom stereocenters. The summed E-state index contributed by atoms with van der Waals surface area (Å²) in [6.45, 7) is 0. The summed E-state index contributed by atoms with van der Waals surface area (Å²) in [6.07, 6.45) is 0. The van der Waals surface area contributed by atoms with Gasteiger partial charge < -0.3 is 0 Å². The van der Waals surface area contributed by atoms with Crippen LogP contribution in [0, 0.1) is 50.7 Å². The van der Waals surface area contributed by atoms with E-state index in [1.54, 1.807) is 36.4 Å². The third-order valence-electron chi connectivity index (χ3n) is 3.32. The van der Waals surface area contributed by atoms with Gasteiger partial charge in [0.05, 0.1) is 18.2 Å². The van der Waals surface area contributed by atoms with Crippen LogP contribution in [-0.2, 0) is 0 Å². The molecule has 1 aliphatic rings. The number of halogens is 1. The highest BCUT2D eigenvalue weighted by molar-refractivity contribution is 6.30.